The van der Waals surface area contributed by atoms with Gasteiger partial charge in [0.1, 0.15) is 0 Å². The Morgan fingerprint density at radius 2 is 2.07 bits per heavy atom. The largest absolute Gasteiger partial charge is 0.465 e. The summed E-state index contributed by atoms with van der Waals surface area (Å²) in [6, 6.07) is 0. The van der Waals surface area contributed by atoms with Crippen molar-refractivity contribution in [3.05, 3.63) is 0 Å². The maximum atomic E-state index is 10.9. The zero-order valence-corrected chi connectivity index (χ0v) is 9.16. The summed E-state index contributed by atoms with van der Waals surface area (Å²) < 4.78 is 0. The minimum absolute atomic E-state index is 0.0769. The van der Waals surface area contributed by atoms with Crippen LogP contribution in [0.2, 0.25) is 0 Å². The number of piperidine rings is 1. The molecule has 2 unspecified atom stereocenters. The van der Waals surface area contributed by atoms with Crippen LogP contribution in [0.1, 0.15) is 33.6 Å². The molecule has 1 amide bonds. The van der Waals surface area contributed by atoms with Crippen LogP contribution in [0.4, 0.5) is 4.79 Å². The average Bonchev–Trinajstić information content (AvgIpc) is 2.01. The van der Waals surface area contributed by atoms with E-state index in [9.17, 15) is 4.79 Å². The first kappa shape index (κ1) is 11.3. The third-order valence-electron chi connectivity index (χ3n) is 3.04. The van der Waals surface area contributed by atoms with Crippen LogP contribution < -0.4 is 5.73 Å². The molecule has 2 atom stereocenters. The molecule has 1 rings (SSSR count). The van der Waals surface area contributed by atoms with Gasteiger partial charge in [-0.2, -0.15) is 0 Å². The fourth-order valence-corrected chi connectivity index (χ4v) is 2.19. The number of carboxylic acid groups (broad SMARTS) is 1. The Morgan fingerprint density at radius 1 is 1.50 bits per heavy atom. The molecular weight excluding hydrogens is 180 g/mol. The zero-order chi connectivity index (χ0) is 10.9. The number of nitrogens with two attached hydrogens (primary N) is 1. The SMILES string of the molecule is CC(C)(C)C1CCCN(C(=O)O)C1N. The van der Waals surface area contributed by atoms with Crippen molar-refractivity contribution in [2.45, 2.75) is 39.8 Å². The van der Waals surface area contributed by atoms with Crippen molar-refractivity contribution >= 4 is 6.09 Å². The van der Waals surface area contributed by atoms with Gasteiger partial charge in [0.25, 0.3) is 0 Å². The van der Waals surface area contributed by atoms with Crippen molar-refractivity contribution in [1.82, 2.24) is 4.90 Å². The molecule has 1 saturated heterocycles. The number of hydrogen-bond donors (Lipinski definition) is 2. The molecule has 1 heterocycles. The van der Waals surface area contributed by atoms with E-state index in [4.69, 9.17) is 10.8 Å². The van der Waals surface area contributed by atoms with E-state index in [0.29, 0.717) is 6.54 Å². The fraction of sp³-hybridized carbons (Fsp3) is 0.900. The van der Waals surface area contributed by atoms with Crippen molar-refractivity contribution in [2.24, 2.45) is 17.1 Å². The first-order valence-electron chi connectivity index (χ1n) is 5.09. The second kappa shape index (κ2) is 3.77. The molecule has 1 aliphatic heterocycles. The molecule has 3 N–H and O–H groups in total. The summed E-state index contributed by atoms with van der Waals surface area (Å²) in [7, 11) is 0. The molecule has 1 fully saturated rings. The highest BCUT2D eigenvalue weighted by atomic mass is 16.4. The van der Waals surface area contributed by atoms with Gasteiger partial charge in [-0.25, -0.2) is 4.79 Å². The van der Waals surface area contributed by atoms with Gasteiger partial charge in [0.15, 0.2) is 0 Å². The summed E-state index contributed by atoms with van der Waals surface area (Å²) in [5, 5.41) is 8.94. The van der Waals surface area contributed by atoms with Crippen LogP contribution in [0.3, 0.4) is 0 Å². The third kappa shape index (κ3) is 2.18. The predicted molar refractivity (Wildman–Crippen MR) is 54.9 cm³/mol. The number of hydrogen-bond acceptors (Lipinski definition) is 2. The van der Waals surface area contributed by atoms with Crippen molar-refractivity contribution in [1.29, 1.82) is 0 Å². The summed E-state index contributed by atoms with van der Waals surface area (Å²) in [5.41, 5.74) is 6.03. The Morgan fingerprint density at radius 3 is 2.50 bits per heavy atom. The van der Waals surface area contributed by atoms with Crippen molar-refractivity contribution in [2.75, 3.05) is 6.54 Å². The van der Waals surface area contributed by atoms with Crippen LogP contribution in [-0.2, 0) is 0 Å². The minimum Gasteiger partial charge on any atom is -0.465 e. The molecule has 0 aromatic rings. The zero-order valence-electron chi connectivity index (χ0n) is 9.16. The lowest BCUT2D eigenvalue weighted by atomic mass is 9.74. The molecule has 0 saturated carbocycles. The molecule has 82 valence electrons. The van der Waals surface area contributed by atoms with Crippen LogP contribution in [0.15, 0.2) is 0 Å². The Bertz CT molecular complexity index is 223. The monoisotopic (exact) mass is 200 g/mol. The van der Waals surface area contributed by atoms with Crippen molar-refractivity contribution in [3.8, 4) is 0 Å². The first-order chi connectivity index (χ1) is 6.34. The lowest BCUT2D eigenvalue weighted by molar-refractivity contribution is 0.0378. The number of likely N-dealkylation sites (tertiary alicyclic amines) is 1. The number of rotatable bonds is 0. The molecule has 0 bridgehead atoms. The Hall–Kier alpha value is -0.770. The standard InChI is InChI=1S/C10H20N2O2/c1-10(2,3)7-5-4-6-12(8(7)11)9(13)14/h7-8H,4-6,11H2,1-3H3,(H,13,14). The maximum Gasteiger partial charge on any atom is 0.408 e. The topological polar surface area (TPSA) is 66.6 Å². The van der Waals surface area contributed by atoms with Gasteiger partial charge in [0, 0.05) is 6.54 Å². The van der Waals surface area contributed by atoms with Gasteiger partial charge >= 0.3 is 6.09 Å². The normalized spacial score (nSPS) is 29.0. The van der Waals surface area contributed by atoms with Gasteiger partial charge in [-0.1, -0.05) is 20.8 Å². The van der Waals surface area contributed by atoms with Crippen LogP contribution in [-0.4, -0.2) is 28.8 Å². The van der Waals surface area contributed by atoms with Gasteiger partial charge < -0.3 is 10.8 Å². The van der Waals surface area contributed by atoms with Crippen molar-refractivity contribution in [3.63, 3.8) is 0 Å². The second-order valence-corrected chi connectivity index (χ2v) is 5.08. The van der Waals surface area contributed by atoms with Crippen LogP contribution in [0.25, 0.3) is 0 Å². The van der Waals surface area contributed by atoms with Crippen LogP contribution in [0, 0.1) is 11.3 Å². The van der Waals surface area contributed by atoms with Crippen LogP contribution >= 0.6 is 0 Å². The van der Waals surface area contributed by atoms with E-state index in [0.717, 1.165) is 12.8 Å². The summed E-state index contributed by atoms with van der Waals surface area (Å²) in [5.74, 6) is 0.257. The molecule has 4 heteroatoms. The van der Waals surface area contributed by atoms with E-state index in [-0.39, 0.29) is 17.5 Å². The van der Waals surface area contributed by atoms with Gasteiger partial charge in [-0.15, -0.1) is 0 Å². The average molecular weight is 200 g/mol. The molecule has 14 heavy (non-hydrogen) atoms. The van der Waals surface area contributed by atoms with E-state index in [2.05, 4.69) is 20.8 Å². The summed E-state index contributed by atoms with van der Waals surface area (Å²) in [4.78, 5) is 12.2. The van der Waals surface area contributed by atoms with Crippen molar-refractivity contribution < 1.29 is 9.90 Å². The van der Waals surface area contributed by atoms with Gasteiger partial charge in [-0.05, 0) is 24.2 Å². The molecule has 4 nitrogen and oxygen atoms in total. The Labute approximate surface area is 85.1 Å². The highest BCUT2D eigenvalue weighted by Crippen LogP contribution is 2.35. The molecular formula is C10H20N2O2. The molecule has 0 radical (unpaired) electrons. The van der Waals surface area contributed by atoms with Gasteiger partial charge in [-0.3, -0.25) is 4.90 Å². The van der Waals surface area contributed by atoms with E-state index in [1.54, 1.807) is 0 Å². The fourth-order valence-electron chi connectivity index (χ4n) is 2.19. The van der Waals surface area contributed by atoms with E-state index >= 15 is 0 Å². The highest BCUT2D eigenvalue weighted by Gasteiger charge is 2.37. The van der Waals surface area contributed by atoms with Gasteiger partial charge in [0.05, 0.1) is 6.17 Å². The van der Waals surface area contributed by atoms with E-state index in [1.807, 2.05) is 0 Å². The Kier molecular flexibility index (Phi) is 3.04. The highest BCUT2D eigenvalue weighted by molar-refractivity contribution is 5.65. The van der Waals surface area contributed by atoms with Gasteiger partial charge in [0.2, 0.25) is 0 Å². The van der Waals surface area contributed by atoms with Crippen LogP contribution in [0.5, 0.6) is 0 Å². The summed E-state index contributed by atoms with van der Waals surface area (Å²) in [6.45, 7) is 6.91. The lowest BCUT2D eigenvalue weighted by Gasteiger charge is -2.43. The predicted octanol–water partition coefficient (Wildman–Crippen LogP) is 1.71. The van der Waals surface area contributed by atoms with E-state index in [1.165, 1.54) is 4.90 Å². The molecule has 0 aromatic carbocycles. The molecule has 0 aliphatic carbocycles. The second-order valence-electron chi connectivity index (χ2n) is 5.08. The quantitative estimate of drug-likeness (QED) is 0.625. The molecule has 0 aromatic heterocycles. The lowest BCUT2D eigenvalue weighted by Crippen LogP contribution is -2.56. The summed E-state index contributed by atoms with van der Waals surface area (Å²) >= 11 is 0. The smallest absolute Gasteiger partial charge is 0.408 e. The number of amides is 1. The molecule has 0 spiro atoms. The molecule has 1 aliphatic rings. The third-order valence-corrected chi connectivity index (χ3v) is 3.04. The first-order valence-corrected chi connectivity index (χ1v) is 5.09. The minimum atomic E-state index is -0.897. The Balaban J connectivity index is 2.76. The summed E-state index contributed by atoms with van der Waals surface area (Å²) in [6.07, 6.45) is 0.698. The number of carbonyl (C=O) groups is 1. The number of nitrogens with zero attached hydrogens (tertiary/aromatic N) is 1. The van der Waals surface area contributed by atoms with E-state index < -0.39 is 6.09 Å². The maximum absolute atomic E-state index is 10.9.